The third-order valence-electron chi connectivity index (χ3n) is 11.9. The molecule has 0 saturated heterocycles. The number of rotatable bonds is 6. The van der Waals surface area contributed by atoms with Crippen LogP contribution in [0.5, 0.6) is 0 Å². The van der Waals surface area contributed by atoms with Crippen molar-refractivity contribution in [3.8, 4) is 11.8 Å². The van der Waals surface area contributed by atoms with Crippen LogP contribution in [0.15, 0.2) is 211 Å². The molecule has 272 valence electrons. The summed E-state index contributed by atoms with van der Waals surface area (Å²) in [7, 11) is -3.26. The summed E-state index contributed by atoms with van der Waals surface area (Å²) in [5.74, 6) is 1.45. The molecule has 0 atom stereocenters. The summed E-state index contributed by atoms with van der Waals surface area (Å²) in [6.07, 6.45) is 0. The predicted molar refractivity (Wildman–Crippen MR) is 242 cm³/mol. The number of para-hydroxylation sites is 5. The average molecular weight is 759 g/mol. The molecule has 4 aromatic heterocycles. The molecule has 5 nitrogen and oxygen atoms in total. The minimum absolute atomic E-state index is 0.630. The summed E-state index contributed by atoms with van der Waals surface area (Å²) in [4.78, 5) is 11.5. The van der Waals surface area contributed by atoms with E-state index in [0.29, 0.717) is 5.95 Å². The van der Waals surface area contributed by atoms with E-state index in [0.717, 1.165) is 65.9 Å². The summed E-state index contributed by atoms with van der Waals surface area (Å²) in [6.45, 7) is 0. The monoisotopic (exact) mass is 758 g/mol. The maximum absolute atomic E-state index is 6.42. The lowest BCUT2D eigenvalue weighted by Crippen LogP contribution is -2.75. The highest BCUT2D eigenvalue weighted by molar-refractivity contribution is 7.19. The van der Waals surface area contributed by atoms with Gasteiger partial charge in [-0.05, 0) is 58.0 Å². The Hall–Kier alpha value is -7.54. The van der Waals surface area contributed by atoms with Gasteiger partial charge in [0, 0.05) is 37.6 Å². The Morgan fingerprint density at radius 1 is 0.345 bits per heavy atom. The molecule has 58 heavy (non-hydrogen) atoms. The number of furan rings is 1. The molecule has 8 aromatic carbocycles. The molecule has 12 aromatic rings. The molecule has 0 N–H and O–H groups in total. The molecule has 0 radical (unpaired) electrons. The first-order valence-electron chi connectivity index (χ1n) is 19.7. The molecule has 12 rings (SSSR count). The van der Waals surface area contributed by atoms with Crippen LogP contribution in [0.25, 0.3) is 77.3 Å². The molecular formula is C52H34N4OSi. The average Bonchev–Trinajstić information content (AvgIpc) is 3.95. The first-order valence-corrected chi connectivity index (χ1v) is 21.7. The van der Waals surface area contributed by atoms with E-state index in [4.69, 9.17) is 14.4 Å². The van der Waals surface area contributed by atoms with Crippen molar-refractivity contribution >= 4 is 94.5 Å². The fourth-order valence-corrected chi connectivity index (χ4v) is 14.0. The van der Waals surface area contributed by atoms with E-state index < -0.39 is 8.07 Å². The van der Waals surface area contributed by atoms with Gasteiger partial charge in [0.1, 0.15) is 17.0 Å². The summed E-state index contributed by atoms with van der Waals surface area (Å²) >= 11 is 0. The van der Waals surface area contributed by atoms with Gasteiger partial charge in [-0.3, -0.25) is 9.13 Å². The van der Waals surface area contributed by atoms with Crippen molar-refractivity contribution in [2.75, 3.05) is 0 Å². The number of fused-ring (bicyclic) bond motifs is 9. The Labute approximate surface area is 334 Å². The molecule has 0 aliphatic carbocycles. The second-order valence-corrected chi connectivity index (χ2v) is 18.7. The fraction of sp³-hybridized carbons (Fsp3) is 0. The zero-order chi connectivity index (χ0) is 38.2. The summed E-state index contributed by atoms with van der Waals surface area (Å²) in [5, 5.41) is 11.5. The highest BCUT2D eigenvalue weighted by atomic mass is 28.3. The van der Waals surface area contributed by atoms with Crippen molar-refractivity contribution in [2.45, 2.75) is 0 Å². The van der Waals surface area contributed by atoms with Gasteiger partial charge in [-0.25, -0.2) is 4.98 Å². The molecule has 0 aliphatic rings. The maximum atomic E-state index is 6.42. The summed E-state index contributed by atoms with van der Waals surface area (Å²) < 4.78 is 11.0. The number of nitrogens with zero attached hydrogens (tertiary/aromatic N) is 4. The Balaban J connectivity index is 1.28. The SMILES string of the molecule is c1ccc([Si](c2ccccc2)(c2ccc3oc4ccccc4c3c2)c2cc(-n3c4ccccc4c4ccccc43)nc(-n3c4ccccc4c4ccccc43)n2)cc1. The van der Waals surface area contributed by atoms with Gasteiger partial charge in [0.2, 0.25) is 14.0 Å². The minimum Gasteiger partial charge on any atom is -0.456 e. The lowest BCUT2D eigenvalue weighted by Gasteiger charge is -2.33. The second kappa shape index (κ2) is 12.7. The van der Waals surface area contributed by atoms with E-state index in [9.17, 15) is 0 Å². The third-order valence-corrected chi connectivity index (χ3v) is 16.5. The van der Waals surface area contributed by atoms with Crippen molar-refractivity contribution in [3.05, 3.63) is 206 Å². The summed E-state index contributed by atoms with van der Waals surface area (Å²) in [5.41, 5.74) is 6.07. The van der Waals surface area contributed by atoms with E-state index in [1.165, 1.54) is 26.3 Å². The third kappa shape index (κ3) is 4.70. The van der Waals surface area contributed by atoms with Gasteiger partial charge < -0.3 is 4.42 Å². The van der Waals surface area contributed by atoms with Crippen LogP contribution in [-0.2, 0) is 0 Å². The van der Waals surface area contributed by atoms with Crippen LogP contribution in [0, 0.1) is 0 Å². The smallest absolute Gasteiger partial charge is 0.236 e. The molecular weight excluding hydrogens is 725 g/mol. The number of aromatic nitrogens is 4. The van der Waals surface area contributed by atoms with Gasteiger partial charge in [0.05, 0.1) is 22.1 Å². The van der Waals surface area contributed by atoms with Crippen molar-refractivity contribution < 1.29 is 4.42 Å². The van der Waals surface area contributed by atoms with Crippen LogP contribution >= 0.6 is 0 Å². The van der Waals surface area contributed by atoms with E-state index >= 15 is 0 Å². The van der Waals surface area contributed by atoms with Crippen LogP contribution in [0.2, 0.25) is 0 Å². The van der Waals surface area contributed by atoms with Crippen molar-refractivity contribution in [1.29, 1.82) is 0 Å². The van der Waals surface area contributed by atoms with Gasteiger partial charge in [0.25, 0.3) is 0 Å². The molecule has 0 unspecified atom stereocenters. The lowest BCUT2D eigenvalue weighted by atomic mass is 10.1. The van der Waals surface area contributed by atoms with Gasteiger partial charge in [0.15, 0.2) is 0 Å². The van der Waals surface area contributed by atoms with Crippen LogP contribution in [0.4, 0.5) is 0 Å². The predicted octanol–water partition coefficient (Wildman–Crippen LogP) is 9.95. The largest absolute Gasteiger partial charge is 0.456 e. The van der Waals surface area contributed by atoms with Gasteiger partial charge in [-0.2, -0.15) is 4.98 Å². The van der Waals surface area contributed by atoms with Crippen LogP contribution in [0.1, 0.15) is 0 Å². The first-order chi connectivity index (χ1) is 28.8. The number of benzene rings is 8. The number of hydrogen-bond acceptors (Lipinski definition) is 3. The molecule has 6 heteroatoms. The standard InChI is InChI=1S/C52H34N4OSi/c1-3-17-35(18-4-1)58(36-19-5-2-6-20-36,37-31-32-49-43(33-37)42-25-11-16-30-48(42)57-49)51-34-50(55-44-26-12-7-21-38(44)39-22-8-13-27-45(39)55)53-52(54-51)56-46-28-14-9-23-40(46)41-24-10-15-29-47(41)56/h1-34H. The van der Waals surface area contributed by atoms with E-state index in [2.05, 4.69) is 209 Å². The van der Waals surface area contributed by atoms with Crippen LogP contribution in [-0.4, -0.2) is 27.2 Å². The Kier molecular flexibility index (Phi) is 7.18. The van der Waals surface area contributed by atoms with E-state index in [-0.39, 0.29) is 0 Å². The molecule has 0 bridgehead atoms. The minimum atomic E-state index is -3.26. The van der Waals surface area contributed by atoms with Crippen molar-refractivity contribution in [1.82, 2.24) is 19.1 Å². The molecule has 0 spiro atoms. The molecule has 4 heterocycles. The van der Waals surface area contributed by atoms with Crippen molar-refractivity contribution in [3.63, 3.8) is 0 Å². The van der Waals surface area contributed by atoms with E-state index in [1.807, 2.05) is 6.07 Å². The lowest BCUT2D eigenvalue weighted by molar-refractivity contribution is 0.669. The van der Waals surface area contributed by atoms with Crippen molar-refractivity contribution in [2.24, 2.45) is 0 Å². The zero-order valence-corrected chi connectivity index (χ0v) is 32.3. The summed E-state index contributed by atoms with van der Waals surface area (Å²) in [6, 6.07) is 73.9. The normalized spacial score (nSPS) is 12.1. The Morgan fingerprint density at radius 2 is 0.793 bits per heavy atom. The molecule has 0 amide bonds. The van der Waals surface area contributed by atoms with Gasteiger partial charge in [-0.1, -0.05) is 164 Å². The Morgan fingerprint density at radius 3 is 1.34 bits per heavy atom. The van der Waals surface area contributed by atoms with Gasteiger partial charge >= 0.3 is 0 Å². The molecule has 0 saturated carbocycles. The Bertz CT molecular complexity index is 3250. The molecule has 0 fully saturated rings. The maximum Gasteiger partial charge on any atom is 0.236 e. The highest BCUT2D eigenvalue weighted by Crippen LogP contribution is 2.34. The quantitative estimate of drug-likeness (QED) is 0.125. The van der Waals surface area contributed by atoms with Crippen LogP contribution < -0.4 is 20.9 Å². The van der Waals surface area contributed by atoms with Gasteiger partial charge in [-0.15, -0.1) is 0 Å². The number of hydrogen-bond donors (Lipinski definition) is 0. The zero-order valence-electron chi connectivity index (χ0n) is 31.3. The van der Waals surface area contributed by atoms with E-state index in [1.54, 1.807) is 0 Å². The topological polar surface area (TPSA) is 48.8 Å². The second-order valence-electron chi connectivity index (χ2n) is 14.9. The van der Waals surface area contributed by atoms with Crippen LogP contribution in [0.3, 0.4) is 0 Å². The molecule has 0 aliphatic heterocycles. The fourth-order valence-electron chi connectivity index (χ4n) is 9.42. The highest BCUT2D eigenvalue weighted by Gasteiger charge is 2.44. The first kappa shape index (κ1) is 32.7.